The maximum absolute atomic E-state index is 12.0. The van der Waals surface area contributed by atoms with E-state index < -0.39 is 6.09 Å². The lowest BCUT2D eigenvalue weighted by atomic mass is 10.1. The molecule has 0 aliphatic carbocycles. The van der Waals surface area contributed by atoms with Crippen molar-refractivity contribution in [3.63, 3.8) is 0 Å². The van der Waals surface area contributed by atoms with Gasteiger partial charge in [-0.05, 0) is 31.4 Å². The van der Waals surface area contributed by atoms with Gasteiger partial charge in [-0.1, -0.05) is 12.1 Å². The molecular formula is C14H16N2O4. The van der Waals surface area contributed by atoms with Crippen LogP contribution in [-0.2, 0) is 0 Å². The lowest BCUT2D eigenvalue weighted by Gasteiger charge is -2.13. The fourth-order valence-corrected chi connectivity index (χ4v) is 2.21. The first-order chi connectivity index (χ1) is 9.61. The first kappa shape index (κ1) is 14.0. The molecule has 6 heteroatoms. The number of fused-ring (bicyclic) bond motifs is 1. The number of carboxylic acid groups (broad SMARTS) is 1. The fourth-order valence-electron chi connectivity index (χ4n) is 2.21. The van der Waals surface area contributed by atoms with E-state index in [0.717, 1.165) is 6.42 Å². The number of unbranched alkanes of at least 4 members (excludes halogenated alkanes) is 2. The first-order valence-electron chi connectivity index (χ1n) is 6.53. The number of nitrogens with zero attached hydrogens (tertiary/aromatic N) is 1. The van der Waals surface area contributed by atoms with Crippen LogP contribution in [0.5, 0.6) is 0 Å². The average Bonchev–Trinajstić information content (AvgIpc) is 2.67. The molecule has 6 nitrogen and oxygen atoms in total. The van der Waals surface area contributed by atoms with Crippen LogP contribution in [0.15, 0.2) is 24.3 Å². The number of nitrogens with one attached hydrogen (secondary N) is 1. The molecule has 106 valence electrons. The largest absolute Gasteiger partial charge is 0.465 e. The molecule has 1 aliphatic heterocycles. The molecule has 2 rings (SSSR count). The zero-order valence-electron chi connectivity index (χ0n) is 11.0. The van der Waals surface area contributed by atoms with Gasteiger partial charge in [0.05, 0.1) is 11.1 Å². The van der Waals surface area contributed by atoms with Crippen molar-refractivity contribution >= 4 is 17.9 Å². The fraction of sp³-hybridized carbons (Fsp3) is 0.357. The molecule has 0 bridgehead atoms. The minimum absolute atomic E-state index is 0.241. The van der Waals surface area contributed by atoms with Gasteiger partial charge in [0.25, 0.3) is 11.8 Å². The van der Waals surface area contributed by atoms with Gasteiger partial charge in [0.2, 0.25) is 0 Å². The minimum atomic E-state index is -1.04. The van der Waals surface area contributed by atoms with E-state index in [-0.39, 0.29) is 11.8 Å². The standard InChI is InChI=1S/C14H16N2O4/c17-12-10-6-2-3-7-11(10)13(18)16(12)9-5-1-4-8-15-14(19)20/h2-3,6-7,15H,1,4-5,8-9H2,(H,19,20). The number of hydrogen-bond donors (Lipinski definition) is 2. The molecule has 1 heterocycles. The zero-order chi connectivity index (χ0) is 14.5. The van der Waals surface area contributed by atoms with Crippen LogP contribution >= 0.6 is 0 Å². The van der Waals surface area contributed by atoms with Gasteiger partial charge < -0.3 is 10.4 Å². The van der Waals surface area contributed by atoms with Crippen molar-refractivity contribution in [1.82, 2.24) is 10.2 Å². The van der Waals surface area contributed by atoms with Crippen molar-refractivity contribution < 1.29 is 19.5 Å². The summed E-state index contributed by atoms with van der Waals surface area (Å²) in [5, 5.41) is 10.7. The lowest BCUT2D eigenvalue weighted by Crippen LogP contribution is -2.30. The molecule has 0 radical (unpaired) electrons. The summed E-state index contributed by atoms with van der Waals surface area (Å²) in [6.45, 7) is 0.761. The second-order valence-electron chi connectivity index (χ2n) is 4.60. The summed E-state index contributed by atoms with van der Waals surface area (Å²) < 4.78 is 0. The second-order valence-corrected chi connectivity index (χ2v) is 4.60. The van der Waals surface area contributed by atoms with Crippen LogP contribution in [0.1, 0.15) is 40.0 Å². The Balaban J connectivity index is 1.79. The van der Waals surface area contributed by atoms with Crippen molar-refractivity contribution in [1.29, 1.82) is 0 Å². The molecule has 0 saturated heterocycles. The highest BCUT2D eigenvalue weighted by Crippen LogP contribution is 2.22. The first-order valence-corrected chi connectivity index (χ1v) is 6.53. The van der Waals surface area contributed by atoms with Crippen molar-refractivity contribution in [3.8, 4) is 0 Å². The van der Waals surface area contributed by atoms with Crippen LogP contribution in [0.2, 0.25) is 0 Å². The topological polar surface area (TPSA) is 86.7 Å². The average molecular weight is 276 g/mol. The van der Waals surface area contributed by atoms with E-state index >= 15 is 0 Å². The molecule has 20 heavy (non-hydrogen) atoms. The molecule has 0 unspecified atom stereocenters. The van der Waals surface area contributed by atoms with Crippen LogP contribution < -0.4 is 5.32 Å². The summed E-state index contributed by atoms with van der Waals surface area (Å²) in [5.41, 5.74) is 0.926. The molecule has 0 atom stereocenters. The van der Waals surface area contributed by atoms with E-state index in [0.29, 0.717) is 37.1 Å². The Kier molecular flexibility index (Phi) is 4.34. The second kappa shape index (κ2) is 6.18. The SMILES string of the molecule is O=C(O)NCCCCCN1C(=O)c2ccccc2C1=O. The summed E-state index contributed by atoms with van der Waals surface area (Å²) in [6.07, 6.45) is 1.08. The number of amides is 3. The highest BCUT2D eigenvalue weighted by molar-refractivity contribution is 6.21. The Morgan fingerprint density at radius 3 is 2.20 bits per heavy atom. The summed E-state index contributed by atoms with van der Waals surface area (Å²) in [6, 6.07) is 6.80. The number of imide groups is 1. The predicted molar refractivity (Wildman–Crippen MR) is 71.7 cm³/mol. The van der Waals surface area contributed by atoms with Crippen LogP contribution in [0.3, 0.4) is 0 Å². The zero-order valence-corrected chi connectivity index (χ0v) is 11.0. The van der Waals surface area contributed by atoms with E-state index in [9.17, 15) is 14.4 Å². The summed E-state index contributed by atoms with van der Waals surface area (Å²) >= 11 is 0. The quantitative estimate of drug-likeness (QED) is 0.612. The normalized spacial score (nSPS) is 13.5. The molecule has 0 fully saturated rings. The summed E-state index contributed by atoms with van der Waals surface area (Å²) in [4.78, 5) is 35.6. The van der Waals surface area contributed by atoms with Gasteiger partial charge in [0.15, 0.2) is 0 Å². The Hall–Kier alpha value is -2.37. The molecule has 1 aromatic carbocycles. The molecule has 0 saturated carbocycles. The molecule has 1 aromatic rings. The van der Waals surface area contributed by atoms with E-state index in [4.69, 9.17) is 5.11 Å². The van der Waals surface area contributed by atoms with Gasteiger partial charge in [-0.25, -0.2) is 4.79 Å². The summed E-state index contributed by atoms with van der Waals surface area (Å²) in [7, 11) is 0. The predicted octanol–water partition coefficient (Wildman–Crippen LogP) is 1.72. The molecular weight excluding hydrogens is 260 g/mol. The molecule has 0 spiro atoms. The number of carbonyl (C=O) groups excluding carboxylic acids is 2. The van der Waals surface area contributed by atoms with Crippen molar-refractivity contribution in [2.75, 3.05) is 13.1 Å². The Morgan fingerprint density at radius 2 is 1.65 bits per heavy atom. The number of hydrogen-bond acceptors (Lipinski definition) is 3. The van der Waals surface area contributed by atoms with E-state index in [1.54, 1.807) is 24.3 Å². The van der Waals surface area contributed by atoms with Crippen LogP contribution in [0.4, 0.5) is 4.79 Å². The van der Waals surface area contributed by atoms with Crippen molar-refractivity contribution in [3.05, 3.63) is 35.4 Å². The van der Waals surface area contributed by atoms with Crippen LogP contribution in [-0.4, -0.2) is 41.0 Å². The van der Waals surface area contributed by atoms with Gasteiger partial charge in [-0.3, -0.25) is 14.5 Å². The monoisotopic (exact) mass is 276 g/mol. The van der Waals surface area contributed by atoms with Gasteiger partial charge >= 0.3 is 6.09 Å². The lowest BCUT2D eigenvalue weighted by molar-refractivity contribution is 0.0651. The molecule has 2 N–H and O–H groups in total. The Bertz CT molecular complexity index is 507. The van der Waals surface area contributed by atoms with Gasteiger partial charge in [-0.2, -0.15) is 0 Å². The van der Waals surface area contributed by atoms with Crippen molar-refractivity contribution in [2.45, 2.75) is 19.3 Å². The van der Waals surface area contributed by atoms with Gasteiger partial charge in [0, 0.05) is 13.1 Å². The minimum Gasteiger partial charge on any atom is -0.465 e. The third-order valence-electron chi connectivity index (χ3n) is 3.21. The van der Waals surface area contributed by atoms with Gasteiger partial charge in [0.1, 0.15) is 0 Å². The molecule has 3 amide bonds. The van der Waals surface area contributed by atoms with E-state index in [2.05, 4.69) is 5.32 Å². The third kappa shape index (κ3) is 2.96. The van der Waals surface area contributed by atoms with E-state index in [1.165, 1.54) is 4.90 Å². The smallest absolute Gasteiger partial charge is 0.404 e. The number of rotatable bonds is 6. The Labute approximate surface area is 116 Å². The Morgan fingerprint density at radius 1 is 1.05 bits per heavy atom. The van der Waals surface area contributed by atoms with Gasteiger partial charge in [-0.15, -0.1) is 0 Å². The third-order valence-corrected chi connectivity index (χ3v) is 3.21. The molecule has 1 aliphatic rings. The maximum atomic E-state index is 12.0. The molecule has 0 aromatic heterocycles. The number of carbonyl (C=O) groups is 3. The van der Waals surface area contributed by atoms with E-state index in [1.807, 2.05) is 0 Å². The van der Waals surface area contributed by atoms with Crippen LogP contribution in [0, 0.1) is 0 Å². The number of benzene rings is 1. The van der Waals surface area contributed by atoms with Crippen LogP contribution in [0.25, 0.3) is 0 Å². The van der Waals surface area contributed by atoms with Crippen molar-refractivity contribution in [2.24, 2.45) is 0 Å². The summed E-state index contributed by atoms with van der Waals surface area (Å²) in [5.74, 6) is -0.483. The highest BCUT2D eigenvalue weighted by Gasteiger charge is 2.34. The highest BCUT2D eigenvalue weighted by atomic mass is 16.4. The maximum Gasteiger partial charge on any atom is 0.404 e.